The molecule has 0 atom stereocenters. The van der Waals surface area contributed by atoms with Gasteiger partial charge in [-0.1, -0.05) is 36.4 Å². The number of rotatable bonds is 0. The Kier molecular flexibility index (Phi) is 4.02. The van der Waals surface area contributed by atoms with Crippen molar-refractivity contribution in [1.82, 2.24) is 0 Å². The van der Waals surface area contributed by atoms with Gasteiger partial charge >= 0.3 is 7.82 Å². The molecule has 1 aliphatic rings. The van der Waals surface area contributed by atoms with Crippen LogP contribution >= 0.6 is 7.82 Å². The van der Waals surface area contributed by atoms with Gasteiger partial charge in [-0.3, -0.25) is 0 Å². The summed E-state index contributed by atoms with van der Waals surface area (Å²) in [5.74, 6) is 0.992. The molecule has 0 bridgehead atoms. The molecule has 0 amide bonds. The van der Waals surface area contributed by atoms with Crippen molar-refractivity contribution in [1.29, 1.82) is 0 Å². The van der Waals surface area contributed by atoms with Crippen LogP contribution in [-0.2, 0) is 4.57 Å². The van der Waals surface area contributed by atoms with Gasteiger partial charge in [0.1, 0.15) is 12.4 Å². The minimum absolute atomic E-state index is 0.686. The highest BCUT2D eigenvalue weighted by Gasteiger charge is 2.08. The predicted octanol–water partition coefficient (Wildman–Crippen LogP) is 2.32. The quantitative estimate of drug-likeness (QED) is 0.645. The van der Waals surface area contributed by atoms with Crippen LogP contribution in [0.2, 0.25) is 0 Å². The largest absolute Gasteiger partial charge is 0.489 e. The van der Waals surface area contributed by atoms with E-state index >= 15 is 0 Å². The monoisotopic (exact) mass is 280 g/mol. The highest BCUT2D eigenvalue weighted by atomic mass is 31.2. The van der Waals surface area contributed by atoms with Crippen molar-refractivity contribution in [2.45, 2.75) is 0 Å². The standard InChI is InChI=1S/C13H10O.H3O4P/c1-2-5-11-10(4-1)7-8-13-12(11)6-3-9-14-13;1-5(2,3)4/h1-8H,9H2;(H3,1,2,3,4). The Morgan fingerprint density at radius 1 is 1.05 bits per heavy atom. The van der Waals surface area contributed by atoms with E-state index in [1.165, 1.54) is 16.3 Å². The highest BCUT2D eigenvalue weighted by Crippen LogP contribution is 2.31. The van der Waals surface area contributed by atoms with E-state index in [-0.39, 0.29) is 0 Å². The third kappa shape index (κ3) is 3.91. The summed E-state index contributed by atoms with van der Waals surface area (Å²) in [5.41, 5.74) is 1.20. The molecule has 0 aliphatic carbocycles. The van der Waals surface area contributed by atoms with Crippen molar-refractivity contribution in [3.8, 4) is 5.75 Å². The molecule has 0 aromatic heterocycles. The summed E-state index contributed by atoms with van der Waals surface area (Å²) in [6, 6.07) is 12.5. The molecule has 2 aromatic carbocycles. The third-order valence-electron chi connectivity index (χ3n) is 2.55. The molecule has 100 valence electrons. The third-order valence-corrected chi connectivity index (χ3v) is 2.55. The molecule has 6 heteroatoms. The van der Waals surface area contributed by atoms with Gasteiger partial charge in [0, 0.05) is 5.56 Å². The van der Waals surface area contributed by atoms with Crippen LogP contribution in [0, 0.1) is 0 Å². The van der Waals surface area contributed by atoms with Crippen LogP contribution < -0.4 is 4.74 Å². The maximum absolute atomic E-state index is 8.88. The lowest BCUT2D eigenvalue weighted by atomic mass is 10.0. The second-order valence-corrected chi connectivity index (χ2v) is 4.95. The Labute approximate surface area is 110 Å². The Hall–Kier alpha value is -1.65. The van der Waals surface area contributed by atoms with Gasteiger partial charge in [0.2, 0.25) is 0 Å². The van der Waals surface area contributed by atoms with Gasteiger partial charge in [-0.2, -0.15) is 0 Å². The molecule has 0 radical (unpaired) electrons. The van der Waals surface area contributed by atoms with Gasteiger partial charge in [0.15, 0.2) is 0 Å². The van der Waals surface area contributed by atoms with Gasteiger partial charge in [-0.25, -0.2) is 4.57 Å². The Morgan fingerprint density at radius 2 is 1.74 bits per heavy atom. The molecule has 19 heavy (non-hydrogen) atoms. The lowest BCUT2D eigenvalue weighted by Gasteiger charge is -2.14. The van der Waals surface area contributed by atoms with Crippen LogP contribution in [-0.4, -0.2) is 21.3 Å². The Morgan fingerprint density at radius 3 is 2.47 bits per heavy atom. The van der Waals surface area contributed by atoms with Crippen molar-refractivity contribution < 1.29 is 24.0 Å². The molecule has 3 rings (SSSR count). The molecular formula is C13H13O5P. The molecule has 5 nitrogen and oxygen atoms in total. The second kappa shape index (κ2) is 5.55. The first kappa shape index (κ1) is 13.8. The summed E-state index contributed by atoms with van der Waals surface area (Å²) < 4.78 is 14.4. The Bertz CT molecular complexity index is 651. The van der Waals surface area contributed by atoms with E-state index in [1.807, 2.05) is 6.07 Å². The number of ether oxygens (including phenoxy) is 1. The number of hydrogen-bond donors (Lipinski definition) is 3. The summed E-state index contributed by atoms with van der Waals surface area (Å²) >= 11 is 0. The van der Waals surface area contributed by atoms with Crippen LogP contribution in [0.5, 0.6) is 5.75 Å². The first-order chi connectivity index (χ1) is 8.95. The first-order valence-corrected chi connectivity index (χ1v) is 7.11. The average Bonchev–Trinajstić information content (AvgIpc) is 2.37. The van der Waals surface area contributed by atoms with Crippen LogP contribution in [0.25, 0.3) is 16.8 Å². The van der Waals surface area contributed by atoms with Crippen LogP contribution in [0.1, 0.15) is 5.56 Å². The van der Waals surface area contributed by atoms with Gasteiger partial charge in [0.05, 0.1) is 0 Å². The van der Waals surface area contributed by atoms with Crippen molar-refractivity contribution in [2.75, 3.05) is 6.61 Å². The maximum Gasteiger partial charge on any atom is 0.466 e. The molecule has 0 fully saturated rings. The molecule has 0 saturated heterocycles. The van der Waals surface area contributed by atoms with Crippen LogP contribution in [0.3, 0.4) is 0 Å². The van der Waals surface area contributed by atoms with Crippen molar-refractivity contribution in [3.05, 3.63) is 48.0 Å². The van der Waals surface area contributed by atoms with Crippen molar-refractivity contribution in [2.24, 2.45) is 0 Å². The van der Waals surface area contributed by atoms with E-state index in [4.69, 9.17) is 24.0 Å². The fraction of sp³-hybridized carbons (Fsp3) is 0.0769. The topological polar surface area (TPSA) is 87.0 Å². The van der Waals surface area contributed by atoms with Gasteiger partial charge in [0.25, 0.3) is 0 Å². The van der Waals surface area contributed by atoms with Gasteiger partial charge in [-0.15, -0.1) is 0 Å². The molecule has 1 aliphatic heterocycles. The SMILES string of the molecule is C1=Cc2c(ccc3ccccc23)OC1.O=P(O)(O)O. The minimum atomic E-state index is -4.64. The van der Waals surface area contributed by atoms with E-state index in [9.17, 15) is 0 Å². The molecule has 3 N–H and O–H groups in total. The summed E-state index contributed by atoms with van der Waals surface area (Å²) in [4.78, 5) is 21.6. The van der Waals surface area contributed by atoms with Gasteiger partial charge in [-0.05, 0) is 22.9 Å². The van der Waals surface area contributed by atoms with Crippen LogP contribution in [0.4, 0.5) is 0 Å². The molecule has 1 heterocycles. The zero-order chi connectivity index (χ0) is 13.9. The zero-order valence-corrected chi connectivity index (χ0v) is 10.8. The van der Waals surface area contributed by atoms with Gasteiger partial charge < -0.3 is 19.4 Å². The van der Waals surface area contributed by atoms with E-state index in [2.05, 4.69) is 42.5 Å². The molecule has 0 saturated carbocycles. The normalized spacial score (nSPS) is 13.2. The fourth-order valence-corrected chi connectivity index (χ4v) is 1.88. The summed E-state index contributed by atoms with van der Waals surface area (Å²) in [6.45, 7) is 0.686. The predicted molar refractivity (Wildman–Crippen MR) is 72.7 cm³/mol. The molecule has 0 unspecified atom stereocenters. The summed E-state index contributed by atoms with van der Waals surface area (Å²) in [5, 5.41) is 2.53. The molecular weight excluding hydrogens is 267 g/mol. The van der Waals surface area contributed by atoms with Crippen LogP contribution in [0.15, 0.2) is 42.5 Å². The summed E-state index contributed by atoms with van der Waals surface area (Å²) in [7, 11) is -4.64. The Balaban J connectivity index is 0.000000232. The first-order valence-electron chi connectivity index (χ1n) is 5.54. The zero-order valence-electron chi connectivity index (χ0n) is 9.93. The number of benzene rings is 2. The second-order valence-electron chi connectivity index (χ2n) is 3.93. The lowest BCUT2D eigenvalue weighted by Crippen LogP contribution is -2.00. The number of phosphoric acid groups is 1. The number of hydrogen-bond acceptors (Lipinski definition) is 2. The highest BCUT2D eigenvalue weighted by molar-refractivity contribution is 7.45. The number of fused-ring (bicyclic) bond motifs is 3. The average molecular weight is 280 g/mol. The molecule has 2 aromatic rings. The lowest BCUT2D eigenvalue weighted by molar-refractivity contribution is 0.275. The minimum Gasteiger partial charge on any atom is -0.489 e. The smallest absolute Gasteiger partial charge is 0.466 e. The van der Waals surface area contributed by atoms with E-state index in [1.54, 1.807) is 0 Å². The van der Waals surface area contributed by atoms with E-state index in [0.29, 0.717) is 6.61 Å². The van der Waals surface area contributed by atoms with Crippen molar-refractivity contribution >= 4 is 24.7 Å². The maximum atomic E-state index is 8.88. The van der Waals surface area contributed by atoms with E-state index in [0.717, 1.165) is 5.75 Å². The van der Waals surface area contributed by atoms with Crippen molar-refractivity contribution in [3.63, 3.8) is 0 Å². The fourth-order valence-electron chi connectivity index (χ4n) is 1.88. The summed E-state index contributed by atoms with van der Waals surface area (Å²) in [6.07, 6.45) is 4.19. The molecule has 0 spiro atoms. The van der Waals surface area contributed by atoms with E-state index < -0.39 is 7.82 Å².